The van der Waals surface area contributed by atoms with Gasteiger partial charge in [0.2, 0.25) is 5.56 Å². The summed E-state index contributed by atoms with van der Waals surface area (Å²) in [4.78, 5) is 39.7. The van der Waals surface area contributed by atoms with Crippen molar-refractivity contribution in [3.05, 3.63) is 46.2 Å². The molecule has 1 aromatic carbocycles. The number of rotatable bonds is 5. The van der Waals surface area contributed by atoms with Crippen LogP contribution in [0.1, 0.15) is 55.8 Å². The molecule has 6 rings (SSSR count). The first kappa shape index (κ1) is 19.3. The molecule has 1 amide bonds. The van der Waals surface area contributed by atoms with Gasteiger partial charge in [-0.3, -0.25) is 9.59 Å². The van der Waals surface area contributed by atoms with Gasteiger partial charge in [-0.25, -0.2) is 4.79 Å². The number of ether oxygens (including phenoxy) is 1. The number of benzene rings is 1. The third-order valence-electron chi connectivity index (χ3n) is 7.69. The number of fused-ring (bicyclic) bond motifs is 1. The predicted octanol–water partition coefficient (Wildman–Crippen LogP) is 3.41. The van der Waals surface area contributed by atoms with Crippen molar-refractivity contribution in [1.29, 1.82) is 0 Å². The highest BCUT2D eigenvalue weighted by molar-refractivity contribution is 6.03. The average Bonchev–Trinajstić information content (AvgIpc) is 2.70. The molecule has 6 nitrogen and oxygen atoms in total. The summed E-state index contributed by atoms with van der Waals surface area (Å²) in [6, 6.07) is 8.35. The molecule has 0 spiro atoms. The minimum Gasteiger partial charge on any atom is -0.452 e. The van der Waals surface area contributed by atoms with Gasteiger partial charge in [0.05, 0.1) is 5.56 Å². The topological polar surface area (TPSA) is 88.3 Å². The van der Waals surface area contributed by atoms with Crippen LogP contribution in [0.3, 0.4) is 0 Å². The Kier molecular flexibility index (Phi) is 4.68. The van der Waals surface area contributed by atoms with Crippen molar-refractivity contribution < 1.29 is 14.3 Å². The van der Waals surface area contributed by atoms with Crippen LogP contribution in [0, 0.1) is 23.2 Å². The van der Waals surface area contributed by atoms with Crippen LogP contribution in [0.25, 0.3) is 10.9 Å². The summed E-state index contributed by atoms with van der Waals surface area (Å²) in [6.07, 6.45) is 7.71. The van der Waals surface area contributed by atoms with Gasteiger partial charge in [-0.05, 0) is 74.7 Å². The molecule has 30 heavy (non-hydrogen) atoms. The van der Waals surface area contributed by atoms with Gasteiger partial charge in [0.15, 0.2) is 6.61 Å². The van der Waals surface area contributed by atoms with Crippen LogP contribution in [0.4, 0.5) is 0 Å². The minimum atomic E-state index is -0.657. The van der Waals surface area contributed by atoms with Gasteiger partial charge in [-0.15, -0.1) is 0 Å². The fourth-order valence-corrected chi connectivity index (χ4v) is 6.73. The van der Waals surface area contributed by atoms with Crippen molar-refractivity contribution in [2.75, 3.05) is 6.61 Å². The van der Waals surface area contributed by atoms with Gasteiger partial charge in [0.25, 0.3) is 5.91 Å². The zero-order valence-corrected chi connectivity index (χ0v) is 17.3. The number of pyridine rings is 1. The Morgan fingerprint density at radius 1 is 1.13 bits per heavy atom. The second kappa shape index (κ2) is 7.25. The van der Waals surface area contributed by atoms with Crippen molar-refractivity contribution >= 4 is 22.8 Å². The third kappa shape index (κ3) is 3.42. The third-order valence-corrected chi connectivity index (χ3v) is 7.69. The number of para-hydroxylation sites is 1. The van der Waals surface area contributed by atoms with Gasteiger partial charge in [0.1, 0.15) is 0 Å². The van der Waals surface area contributed by atoms with E-state index in [1.165, 1.54) is 44.6 Å². The molecular formula is C24H28N2O4. The molecule has 1 atom stereocenters. The van der Waals surface area contributed by atoms with E-state index >= 15 is 0 Å². The molecular weight excluding hydrogens is 380 g/mol. The number of amides is 1. The van der Waals surface area contributed by atoms with E-state index in [0.29, 0.717) is 10.9 Å². The van der Waals surface area contributed by atoms with Crippen molar-refractivity contribution in [2.24, 2.45) is 23.2 Å². The van der Waals surface area contributed by atoms with E-state index in [4.69, 9.17) is 4.74 Å². The summed E-state index contributed by atoms with van der Waals surface area (Å²) >= 11 is 0. The number of H-pyrrole nitrogens is 1. The number of carbonyl (C=O) groups is 2. The van der Waals surface area contributed by atoms with Crippen molar-refractivity contribution in [1.82, 2.24) is 10.3 Å². The first-order valence-electron chi connectivity index (χ1n) is 11.0. The molecule has 0 aliphatic heterocycles. The van der Waals surface area contributed by atoms with Crippen LogP contribution in [0.2, 0.25) is 0 Å². The normalized spacial score (nSPS) is 30.2. The van der Waals surface area contributed by atoms with E-state index < -0.39 is 5.97 Å². The highest BCUT2D eigenvalue weighted by Gasteiger charge is 2.53. The number of aromatic nitrogens is 1. The molecule has 4 fully saturated rings. The van der Waals surface area contributed by atoms with Gasteiger partial charge in [0, 0.05) is 23.0 Å². The maximum Gasteiger partial charge on any atom is 0.339 e. The van der Waals surface area contributed by atoms with Crippen molar-refractivity contribution in [2.45, 2.75) is 51.5 Å². The largest absolute Gasteiger partial charge is 0.452 e. The molecule has 4 bridgehead atoms. The summed E-state index contributed by atoms with van der Waals surface area (Å²) in [5, 5.41) is 3.71. The second-order valence-corrected chi connectivity index (χ2v) is 9.74. The Hall–Kier alpha value is -2.63. The number of esters is 1. The highest BCUT2D eigenvalue weighted by atomic mass is 16.5. The predicted molar refractivity (Wildman–Crippen MR) is 113 cm³/mol. The van der Waals surface area contributed by atoms with E-state index in [0.717, 1.165) is 17.8 Å². The number of hydrogen-bond donors (Lipinski definition) is 2. The maximum absolute atomic E-state index is 12.6. The number of hydrogen-bond acceptors (Lipinski definition) is 4. The Labute approximate surface area is 175 Å². The summed E-state index contributed by atoms with van der Waals surface area (Å²) in [5.74, 6) is 1.52. The zero-order chi connectivity index (χ0) is 20.9. The molecule has 4 aliphatic rings. The highest BCUT2D eigenvalue weighted by Crippen LogP contribution is 2.61. The van der Waals surface area contributed by atoms with E-state index in [1.807, 2.05) is 0 Å². The standard InChI is InChI=1S/C24H28N2O4/c1-14(24-10-15-6-16(11-24)8-17(7-15)12-24)25-22(28)13-30-23(29)19-9-21(27)26-20-5-3-2-4-18(19)20/h2-5,9,14-17H,6-8,10-13H2,1H3,(H,25,28)(H,26,27). The molecule has 1 aromatic heterocycles. The van der Waals surface area contributed by atoms with Gasteiger partial charge in [-0.1, -0.05) is 18.2 Å². The smallest absolute Gasteiger partial charge is 0.339 e. The molecule has 6 heteroatoms. The lowest BCUT2D eigenvalue weighted by atomic mass is 9.48. The minimum absolute atomic E-state index is 0.0810. The molecule has 2 N–H and O–H groups in total. The van der Waals surface area contributed by atoms with Crippen LogP contribution in [-0.2, 0) is 9.53 Å². The lowest BCUT2D eigenvalue weighted by molar-refractivity contribution is -0.128. The Morgan fingerprint density at radius 2 is 1.77 bits per heavy atom. The molecule has 2 aromatic rings. The molecule has 0 saturated heterocycles. The molecule has 4 saturated carbocycles. The van der Waals surface area contributed by atoms with Crippen LogP contribution < -0.4 is 10.9 Å². The summed E-state index contributed by atoms with van der Waals surface area (Å²) < 4.78 is 5.27. The van der Waals surface area contributed by atoms with E-state index in [1.54, 1.807) is 24.3 Å². The van der Waals surface area contributed by atoms with Crippen LogP contribution in [0.5, 0.6) is 0 Å². The average molecular weight is 408 g/mol. The van der Waals surface area contributed by atoms with E-state index in [2.05, 4.69) is 17.2 Å². The summed E-state index contributed by atoms with van der Waals surface area (Å²) in [7, 11) is 0. The molecule has 0 radical (unpaired) electrons. The van der Waals surface area contributed by atoms with Crippen LogP contribution in [-0.4, -0.2) is 29.5 Å². The van der Waals surface area contributed by atoms with Crippen molar-refractivity contribution in [3.63, 3.8) is 0 Å². The quantitative estimate of drug-likeness (QED) is 0.742. The second-order valence-electron chi connectivity index (χ2n) is 9.74. The van der Waals surface area contributed by atoms with Crippen LogP contribution >= 0.6 is 0 Å². The molecule has 4 aliphatic carbocycles. The number of nitrogens with one attached hydrogen (secondary N) is 2. The Morgan fingerprint density at radius 3 is 2.43 bits per heavy atom. The molecule has 158 valence electrons. The molecule has 1 unspecified atom stereocenters. The first-order chi connectivity index (χ1) is 14.4. The van der Waals surface area contributed by atoms with Gasteiger partial charge >= 0.3 is 5.97 Å². The molecule has 1 heterocycles. The monoisotopic (exact) mass is 408 g/mol. The number of aromatic amines is 1. The SMILES string of the molecule is CC(NC(=O)COC(=O)c1cc(=O)[nH]c2ccccc12)C12CC3CC(CC(C3)C1)C2. The lowest BCUT2D eigenvalue weighted by Crippen LogP contribution is -2.56. The lowest BCUT2D eigenvalue weighted by Gasteiger charge is -2.59. The first-order valence-corrected chi connectivity index (χ1v) is 11.0. The van der Waals surface area contributed by atoms with E-state index in [9.17, 15) is 14.4 Å². The summed E-state index contributed by atoms with van der Waals surface area (Å²) in [5.41, 5.74) is 0.575. The van der Waals surface area contributed by atoms with Gasteiger partial charge in [-0.2, -0.15) is 0 Å². The Balaban J connectivity index is 1.23. The summed E-state index contributed by atoms with van der Waals surface area (Å²) in [6.45, 7) is 1.77. The fraction of sp³-hybridized carbons (Fsp3) is 0.542. The van der Waals surface area contributed by atoms with Gasteiger partial charge < -0.3 is 15.0 Å². The van der Waals surface area contributed by atoms with E-state index in [-0.39, 0.29) is 35.1 Å². The zero-order valence-electron chi connectivity index (χ0n) is 17.3. The van der Waals surface area contributed by atoms with Crippen LogP contribution in [0.15, 0.2) is 35.1 Å². The fourth-order valence-electron chi connectivity index (χ4n) is 6.73. The van der Waals surface area contributed by atoms with Crippen molar-refractivity contribution in [3.8, 4) is 0 Å². The maximum atomic E-state index is 12.6. The number of carbonyl (C=O) groups excluding carboxylic acids is 2. The Bertz CT molecular complexity index is 1020.